The molecule has 0 atom stereocenters. The second-order valence-corrected chi connectivity index (χ2v) is 6.80. The molecule has 32 heavy (non-hydrogen) atoms. The van der Waals surface area contributed by atoms with Crippen molar-refractivity contribution in [3.05, 3.63) is 96.1 Å². The molecule has 0 unspecified atom stereocenters. The maximum absolute atomic E-state index is 6.02. The Hall–Kier alpha value is -4.33. The van der Waals surface area contributed by atoms with Crippen LogP contribution in [0.15, 0.2) is 88.9 Å². The van der Waals surface area contributed by atoms with Gasteiger partial charge in [-0.05, 0) is 54.6 Å². The zero-order valence-electron chi connectivity index (χ0n) is 17.5. The van der Waals surface area contributed by atoms with Crippen LogP contribution in [0.25, 0.3) is 11.5 Å². The van der Waals surface area contributed by atoms with Gasteiger partial charge in [-0.1, -0.05) is 11.2 Å². The zero-order chi connectivity index (χ0) is 22.2. The number of aromatic nitrogens is 2. The number of pyridine rings is 1. The van der Waals surface area contributed by atoms with E-state index in [0.29, 0.717) is 18.2 Å². The third-order valence-corrected chi connectivity index (χ3v) is 4.54. The van der Waals surface area contributed by atoms with Crippen LogP contribution in [0, 0.1) is 0 Å². The Labute approximate surface area is 185 Å². The molecule has 0 fully saturated rings. The van der Waals surface area contributed by atoms with E-state index in [1.165, 1.54) is 6.26 Å². The van der Waals surface area contributed by atoms with Crippen molar-refractivity contribution in [2.75, 3.05) is 7.11 Å². The first-order valence-electron chi connectivity index (χ1n) is 9.87. The number of hydrogen-bond acceptors (Lipinski definition) is 7. The van der Waals surface area contributed by atoms with Gasteiger partial charge in [0.05, 0.1) is 7.11 Å². The van der Waals surface area contributed by atoms with Crippen LogP contribution in [-0.2, 0) is 18.1 Å². The Morgan fingerprint density at radius 2 is 1.78 bits per heavy atom. The average molecular weight is 430 g/mol. The number of benzene rings is 2. The van der Waals surface area contributed by atoms with Crippen molar-refractivity contribution in [3.8, 4) is 23.0 Å². The Morgan fingerprint density at radius 3 is 2.50 bits per heavy atom. The molecule has 8 heteroatoms. The zero-order valence-corrected chi connectivity index (χ0v) is 17.5. The normalized spacial score (nSPS) is 11.2. The summed E-state index contributed by atoms with van der Waals surface area (Å²) < 4.78 is 16.4. The van der Waals surface area contributed by atoms with E-state index in [-0.39, 0.29) is 12.4 Å². The van der Waals surface area contributed by atoms with Crippen molar-refractivity contribution in [2.45, 2.75) is 13.2 Å². The molecular weight excluding hydrogens is 408 g/mol. The summed E-state index contributed by atoms with van der Waals surface area (Å²) in [6.07, 6.45) is 5.02. The molecule has 2 N–H and O–H groups in total. The smallest absolute Gasteiger partial charge is 0.226 e. The van der Waals surface area contributed by atoms with Crippen LogP contribution in [0.1, 0.15) is 16.8 Å². The van der Waals surface area contributed by atoms with Crippen molar-refractivity contribution in [2.24, 2.45) is 10.9 Å². The van der Waals surface area contributed by atoms with E-state index in [0.717, 1.165) is 28.2 Å². The molecule has 0 radical (unpaired) electrons. The standard InChI is InChI=1S/C24H22N4O4/c1-29-21-8-6-19(7-9-21)24-27-20(15-31-24)16-32-28-23(25)18-4-10-22(11-5-18)30-14-17-3-2-12-26-13-17/h2-13,15H,14,16H2,1H3,(H2,25,28). The minimum atomic E-state index is 0.132. The second-order valence-electron chi connectivity index (χ2n) is 6.80. The quantitative estimate of drug-likeness (QED) is 0.241. The molecule has 2 heterocycles. The van der Waals surface area contributed by atoms with Crippen molar-refractivity contribution >= 4 is 5.84 Å². The molecule has 0 aliphatic carbocycles. The van der Waals surface area contributed by atoms with Gasteiger partial charge in [0.1, 0.15) is 30.1 Å². The molecule has 0 spiro atoms. The number of oxime groups is 1. The van der Waals surface area contributed by atoms with Gasteiger partial charge >= 0.3 is 0 Å². The summed E-state index contributed by atoms with van der Waals surface area (Å²) in [4.78, 5) is 13.8. The SMILES string of the molecule is COc1ccc(-c2nc(CO/N=C(\N)c3ccc(OCc4cccnc4)cc3)co2)cc1. The number of amidine groups is 1. The molecule has 162 valence electrons. The number of hydrogen-bond donors (Lipinski definition) is 1. The predicted molar refractivity (Wildman–Crippen MR) is 119 cm³/mol. The summed E-state index contributed by atoms with van der Waals surface area (Å²) in [5.41, 5.74) is 9.17. The molecule has 0 amide bonds. The molecule has 2 aromatic heterocycles. The largest absolute Gasteiger partial charge is 0.497 e. The Bertz CT molecular complexity index is 1160. The first-order valence-corrected chi connectivity index (χ1v) is 9.87. The summed E-state index contributed by atoms with van der Waals surface area (Å²) in [6, 6.07) is 18.5. The van der Waals surface area contributed by atoms with Crippen molar-refractivity contribution in [1.29, 1.82) is 0 Å². The number of nitrogens with zero attached hydrogens (tertiary/aromatic N) is 3. The van der Waals surface area contributed by atoms with Gasteiger partial charge < -0.3 is 24.5 Å². The van der Waals surface area contributed by atoms with Crippen LogP contribution in [-0.4, -0.2) is 22.9 Å². The molecule has 0 saturated carbocycles. The van der Waals surface area contributed by atoms with Gasteiger partial charge in [-0.3, -0.25) is 4.98 Å². The maximum Gasteiger partial charge on any atom is 0.226 e. The molecule has 8 nitrogen and oxygen atoms in total. The molecule has 0 saturated heterocycles. The van der Waals surface area contributed by atoms with Crippen molar-refractivity contribution in [1.82, 2.24) is 9.97 Å². The van der Waals surface area contributed by atoms with Gasteiger partial charge in [-0.2, -0.15) is 0 Å². The number of rotatable bonds is 9. The molecule has 2 aromatic carbocycles. The Kier molecular flexibility index (Phi) is 6.62. The highest BCUT2D eigenvalue weighted by atomic mass is 16.6. The van der Waals surface area contributed by atoms with Crippen LogP contribution in [0.5, 0.6) is 11.5 Å². The highest BCUT2D eigenvalue weighted by molar-refractivity contribution is 5.97. The van der Waals surface area contributed by atoms with Gasteiger partial charge in [-0.25, -0.2) is 4.98 Å². The fraction of sp³-hybridized carbons (Fsp3) is 0.125. The fourth-order valence-corrected chi connectivity index (χ4v) is 2.83. The van der Waals surface area contributed by atoms with Gasteiger partial charge in [0.25, 0.3) is 0 Å². The molecular formula is C24H22N4O4. The minimum Gasteiger partial charge on any atom is -0.497 e. The minimum absolute atomic E-state index is 0.132. The highest BCUT2D eigenvalue weighted by Crippen LogP contribution is 2.22. The van der Waals surface area contributed by atoms with Crippen molar-refractivity contribution < 1.29 is 18.7 Å². The average Bonchev–Trinajstić information content (AvgIpc) is 3.32. The van der Waals surface area contributed by atoms with E-state index < -0.39 is 0 Å². The number of nitrogens with two attached hydrogens (primary N) is 1. The van der Waals surface area contributed by atoms with E-state index in [1.54, 1.807) is 19.5 Å². The van der Waals surface area contributed by atoms with Crippen LogP contribution in [0.3, 0.4) is 0 Å². The predicted octanol–water partition coefficient (Wildman–Crippen LogP) is 4.16. The van der Waals surface area contributed by atoms with E-state index in [9.17, 15) is 0 Å². The van der Waals surface area contributed by atoms with E-state index >= 15 is 0 Å². The first kappa shape index (κ1) is 20.9. The molecule has 0 aliphatic heterocycles. The van der Waals surface area contributed by atoms with E-state index in [1.807, 2.05) is 60.7 Å². The van der Waals surface area contributed by atoms with E-state index in [4.69, 9.17) is 24.5 Å². The van der Waals surface area contributed by atoms with Crippen LogP contribution in [0.2, 0.25) is 0 Å². The van der Waals surface area contributed by atoms with Gasteiger partial charge in [0, 0.05) is 29.1 Å². The maximum atomic E-state index is 6.02. The highest BCUT2D eigenvalue weighted by Gasteiger charge is 2.08. The summed E-state index contributed by atoms with van der Waals surface area (Å²) in [6.45, 7) is 0.572. The lowest BCUT2D eigenvalue weighted by Gasteiger charge is -2.07. The monoisotopic (exact) mass is 430 g/mol. The second kappa shape index (κ2) is 10.1. The van der Waals surface area contributed by atoms with Crippen LogP contribution in [0.4, 0.5) is 0 Å². The lowest BCUT2D eigenvalue weighted by atomic mass is 10.2. The third kappa shape index (κ3) is 5.42. The van der Waals surface area contributed by atoms with Crippen LogP contribution >= 0.6 is 0 Å². The number of methoxy groups -OCH3 is 1. The van der Waals surface area contributed by atoms with Gasteiger partial charge in [0.15, 0.2) is 12.4 Å². The molecule has 0 aliphatic rings. The topological polar surface area (TPSA) is 105 Å². The van der Waals surface area contributed by atoms with E-state index in [2.05, 4.69) is 15.1 Å². The lowest BCUT2D eigenvalue weighted by molar-refractivity contribution is 0.127. The number of oxazole rings is 1. The number of ether oxygens (including phenoxy) is 2. The summed E-state index contributed by atoms with van der Waals surface area (Å²) in [5, 5.41) is 3.96. The summed E-state index contributed by atoms with van der Waals surface area (Å²) >= 11 is 0. The molecule has 0 bridgehead atoms. The summed E-state index contributed by atoms with van der Waals surface area (Å²) in [7, 11) is 1.62. The van der Waals surface area contributed by atoms with Crippen molar-refractivity contribution in [3.63, 3.8) is 0 Å². The first-order chi connectivity index (χ1) is 15.7. The summed E-state index contributed by atoms with van der Waals surface area (Å²) in [5.74, 6) is 2.23. The Balaban J connectivity index is 1.29. The molecule has 4 rings (SSSR count). The van der Waals surface area contributed by atoms with Crippen LogP contribution < -0.4 is 15.2 Å². The Morgan fingerprint density at radius 1 is 1.00 bits per heavy atom. The molecule has 4 aromatic rings. The van der Waals surface area contributed by atoms with Gasteiger partial charge in [-0.15, -0.1) is 0 Å². The third-order valence-electron chi connectivity index (χ3n) is 4.54. The fourth-order valence-electron chi connectivity index (χ4n) is 2.83. The lowest BCUT2D eigenvalue weighted by Crippen LogP contribution is -2.13. The van der Waals surface area contributed by atoms with Gasteiger partial charge in [0.2, 0.25) is 5.89 Å².